The third kappa shape index (κ3) is 5.32. The first kappa shape index (κ1) is 22.4. The summed E-state index contributed by atoms with van der Waals surface area (Å²) >= 11 is 7.21. The molecule has 0 atom stereocenters. The van der Waals surface area contributed by atoms with Gasteiger partial charge in [0.1, 0.15) is 11.5 Å². The Morgan fingerprint density at radius 1 is 0.531 bits per heavy atom. The Balaban J connectivity index is 1.61. The van der Waals surface area contributed by atoms with Gasteiger partial charge in [-0.25, -0.2) is 0 Å². The third-order valence-corrected chi connectivity index (χ3v) is 6.65. The summed E-state index contributed by atoms with van der Waals surface area (Å²) in [5.41, 5.74) is 4.43. The third-order valence-electron chi connectivity index (χ3n) is 5.21. The second-order valence-corrected chi connectivity index (χ2v) is 9.02. The van der Waals surface area contributed by atoms with Gasteiger partial charge in [0.05, 0.1) is 14.2 Å². The molecule has 4 heteroatoms. The standard InChI is InChI=1S/C28H22Br2O2/c1-31-25-11-13-27(29)22(17-25)9-5-19-3-7-21-8-4-20(16-24(21)15-19)6-10-23-18-26(32-2)12-14-28(23)30/h3-18H,1-2H3/b9-5-,10-6-. The lowest BCUT2D eigenvalue weighted by molar-refractivity contribution is 0.414. The number of rotatable bonds is 6. The number of methoxy groups -OCH3 is 2. The van der Waals surface area contributed by atoms with Crippen LogP contribution >= 0.6 is 31.9 Å². The molecule has 0 aliphatic carbocycles. The molecule has 0 unspecified atom stereocenters. The lowest BCUT2D eigenvalue weighted by atomic mass is 10.0. The maximum Gasteiger partial charge on any atom is 0.119 e. The lowest BCUT2D eigenvalue weighted by Gasteiger charge is -2.05. The van der Waals surface area contributed by atoms with E-state index >= 15 is 0 Å². The van der Waals surface area contributed by atoms with Crippen molar-refractivity contribution in [3.8, 4) is 11.5 Å². The van der Waals surface area contributed by atoms with Crippen molar-refractivity contribution in [2.75, 3.05) is 14.2 Å². The molecular formula is C28H22Br2O2. The van der Waals surface area contributed by atoms with Crippen LogP contribution in [0.2, 0.25) is 0 Å². The van der Waals surface area contributed by atoms with Crippen molar-refractivity contribution in [3.05, 3.63) is 104 Å². The Morgan fingerprint density at radius 3 is 1.44 bits per heavy atom. The van der Waals surface area contributed by atoms with E-state index in [0.717, 1.165) is 42.7 Å². The van der Waals surface area contributed by atoms with Gasteiger partial charge < -0.3 is 9.47 Å². The van der Waals surface area contributed by atoms with Crippen LogP contribution in [0, 0.1) is 0 Å². The van der Waals surface area contributed by atoms with Crippen molar-refractivity contribution in [2.24, 2.45) is 0 Å². The minimum atomic E-state index is 0.838. The van der Waals surface area contributed by atoms with Crippen molar-refractivity contribution < 1.29 is 9.47 Å². The van der Waals surface area contributed by atoms with E-state index in [4.69, 9.17) is 9.47 Å². The topological polar surface area (TPSA) is 18.5 Å². The molecule has 0 aromatic heterocycles. The first-order valence-electron chi connectivity index (χ1n) is 10.1. The van der Waals surface area contributed by atoms with Gasteiger partial charge in [0, 0.05) is 8.95 Å². The fourth-order valence-electron chi connectivity index (χ4n) is 3.42. The Bertz CT molecular complexity index is 1220. The highest BCUT2D eigenvalue weighted by molar-refractivity contribution is 9.10. The summed E-state index contributed by atoms with van der Waals surface area (Å²) in [6.07, 6.45) is 8.43. The molecule has 32 heavy (non-hydrogen) atoms. The number of ether oxygens (including phenoxy) is 2. The monoisotopic (exact) mass is 548 g/mol. The molecule has 160 valence electrons. The van der Waals surface area contributed by atoms with Gasteiger partial charge in [0.15, 0.2) is 0 Å². The zero-order valence-corrected chi connectivity index (χ0v) is 21.0. The molecule has 0 bridgehead atoms. The van der Waals surface area contributed by atoms with Crippen LogP contribution in [0.15, 0.2) is 81.7 Å². The van der Waals surface area contributed by atoms with Crippen LogP contribution in [-0.2, 0) is 0 Å². The fourth-order valence-corrected chi connectivity index (χ4v) is 4.17. The highest BCUT2D eigenvalue weighted by Gasteiger charge is 2.01. The summed E-state index contributed by atoms with van der Waals surface area (Å²) < 4.78 is 12.7. The summed E-state index contributed by atoms with van der Waals surface area (Å²) in [4.78, 5) is 0. The van der Waals surface area contributed by atoms with Gasteiger partial charge in [-0.05, 0) is 81.6 Å². The average Bonchev–Trinajstić information content (AvgIpc) is 2.82. The highest BCUT2D eigenvalue weighted by Crippen LogP contribution is 2.27. The predicted molar refractivity (Wildman–Crippen MR) is 143 cm³/mol. The zero-order valence-electron chi connectivity index (χ0n) is 17.8. The Labute approximate surface area is 205 Å². The molecule has 4 aromatic rings. The maximum absolute atomic E-state index is 5.34. The van der Waals surface area contributed by atoms with Gasteiger partial charge in [-0.2, -0.15) is 0 Å². The van der Waals surface area contributed by atoms with Crippen LogP contribution in [0.5, 0.6) is 11.5 Å². The van der Waals surface area contributed by atoms with Gasteiger partial charge in [-0.1, -0.05) is 80.4 Å². The van der Waals surface area contributed by atoms with E-state index in [1.54, 1.807) is 14.2 Å². The predicted octanol–water partition coefficient (Wildman–Crippen LogP) is 8.72. The number of halogens is 2. The van der Waals surface area contributed by atoms with Crippen molar-refractivity contribution in [1.82, 2.24) is 0 Å². The van der Waals surface area contributed by atoms with Gasteiger partial charge in [-0.3, -0.25) is 0 Å². The quantitative estimate of drug-likeness (QED) is 0.224. The lowest BCUT2D eigenvalue weighted by Crippen LogP contribution is -1.84. The van der Waals surface area contributed by atoms with Crippen LogP contribution in [0.4, 0.5) is 0 Å². The zero-order chi connectivity index (χ0) is 22.5. The SMILES string of the molecule is COc1ccc(Br)c(/C=C\c2ccc3ccc(/C=C\c4cc(OC)ccc4Br)cc3c2)c1. The largest absolute Gasteiger partial charge is 0.497 e. The summed E-state index contributed by atoms with van der Waals surface area (Å²) in [5.74, 6) is 1.68. The Hall–Kier alpha value is -2.82. The van der Waals surface area contributed by atoms with Crippen molar-refractivity contribution in [1.29, 1.82) is 0 Å². The van der Waals surface area contributed by atoms with Crippen LogP contribution < -0.4 is 9.47 Å². The molecule has 0 N–H and O–H groups in total. The summed E-state index contributed by atoms with van der Waals surface area (Å²) in [6, 6.07) is 24.9. The molecule has 0 aliphatic rings. The van der Waals surface area contributed by atoms with E-state index < -0.39 is 0 Å². The minimum Gasteiger partial charge on any atom is -0.497 e. The average molecular weight is 550 g/mol. The minimum absolute atomic E-state index is 0.838. The van der Waals surface area contributed by atoms with E-state index in [1.165, 1.54) is 10.8 Å². The van der Waals surface area contributed by atoms with Gasteiger partial charge in [0.25, 0.3) is 0 Å². The van der Waals surface area contributed by atoms with Gasteiger partial charge >= 0.3 is 0 Å². The van der Waals surface area contributed by atoms with Crippen LogP contribution in [0.25, 0.3) is 35.1 Å². The Kier molecular flexibility index (Phi) is 7.13. The van der Waals surface area contributed by atoms with Crippen molar-refractivity contribution in [2.45, 2.75) is 0 Å². The van der Waals surface area contributed by atoms with E-state index in [-0.39, 0.29) is 0 Å². The summed E-state index contributed by atoms with van der Waals surface area (Å²) in [5, 5.41) is 2.41. The highest BCUT2D eigenvalue weighted by atomic mass is 79.9. The van der Waals surface area contributed by atoms with Crippen LogP contribution in [0.3, 0.4) is 0 Å². The molecule has 0 saturated carbocycles. The molecule has 0 aliphatic heterocycles. The molecule has 0 fully saturated rings. The smallest absolute Gasteiger partial charge is 0.119 e. The van der Waals surface area contributed by atoms with E-state index in [2.05, 4.69) is 92.6 Å². The number of fused-ring (bicyclic) bond motifs is 1. The maximum atomic E-state index is 5.34. The molecular weight excluding hydrogens is 528 g/mol. The van der Waals surface area contributed by atoms with Crippen molar-refractivity contribution >= 4 is 66.9 Å². The molecule has 0 amide bonds. The molecule has 0 spiro atoms. The van der Waals surface area contributed by atoms with E-state index in [0.29, 0.717) is 0 Å². The first-order valence-corrected chi connectivity index (χ1v) is 11.7. The van der Waals surface area contributed by atoms with Gasteiger partial charge in [0.2, 0.25) is 0 Å². The molecule has 4 aromatic carbocycles. The molecule has 4 rings (SSSR count). The molecule has 2 nitrogen and oxygen atoms in total. The molecule has 0 heterocycles. The summed E-state index contributed by atoms with van der Waals surface area (Å²) in [6.45, 7) is 0. The fraction of sp³-hybridized carbons (Fsp3) is 0.0714. The normalized spacial score (nSPS) is 11.5. The van der Waals surface area contributed by atoms with Crippen molar-refractivity contribution in [3.63, 3.8) is 0 Å². The van der Waals surface area contributed by atoms with E-state index in [9.17, 15) is 0 Å². The first-order chi connectivity index (χ1) is 15.6. The van der Waals surface area contributed by atoms with Crippen LogP contribution in [-0.4, -0.2) is 14.2 Å². The van der Waals surface area contributed by atoms with Crippen LogP contribution in [0.1, 0.15) is 22.3 Å². The van der Waals surface area contributed by atoms with Gasteiger partial charge in [-0.15, -0.1) is 0 Å². The number of benzene rings is 4. The second-order valence-electron chi connectivity index (χ2n) is 7.31. The van der Waals surface area contributed by atoms with E-state index in [1.807, 2.05) is 36.4 Å². The number of hydrogen-bond acceptors (Lipinski definition) is 2. The summed E-state index contributed by atoms with van der Waals surface area (Å²) in [7, 11) is 3.36. The molecule has 0 radical (unpaired) electrons. The second kappa shape index (κ2) is 10.2. The number of hydrogen-bond donors (Lipinski definition) is 0. The molecule has 0 saturated heterocycles. The Morgan fingerprint density at radius 2 is 1.00 bits per heavy atom.